The van der Waals surface area contributed by atoms with Gasteiger partial charge in [-0.3, -0.25) is 18.4 Å². The van der Waals surface area contributed by atoms with Crippen molar-refractivity contribution in [2.45, 2.75) is 63.4 Å². The fourth-order valence-corrected chi connectivity index (χ4v) is 6.31. The number of aromatic nitrogens is 6. The molecule has 0 radical (unpaired) electrons. The zero-order valence-corrected chi connectivity index (χ0v) is 31.5. The molecule has 13 nitrogen and oxygen atoms in total. The fourth-order valence-electron chi connectivity index (χ4n) is 5.78. The highest BCUT2D eigenvalue weighted by Gasteiger charge is 2.27. The molecular weight excluding hydrogens is 772 g/mol. The van der Waals surface area contributed by atoms with E-state index in [1.165, 1.54) is 6.20 Å². The van der Waals surface area contributed by atoms with Gasteiger partial charge >= 0.3 is 6.18 Å². The van der Waals surface area contributed by atoms with Gasteiger partial charge in [0.05, 0.1) is 57.5 Å². The number of nitrogens with one attached hydrogen (secondary N) is 4. The van der Waals surface area contributed by atoms with E-state index in [2.05, 4.69) is 41.2 Å². The van der Waals surface area contributed by atoms with Crippen LogP contribution in [0.15, 0.2) is 73.6 Å². The molecule has 6 aromatic rings. The summed E-state index contributed by atoms with van der Waals surface area (Å²) in [6, 6.07) is 11.0. The molecule has 0 aliphatic heterocycles. The van der Waals surface area contributed by atoms with Crippen molar-refractivity contribution in [1.29, 1.82) is 0 Å². The van der Waals surface area contributed by atoms with Gasteiger partial charge in [0, 0.05) is 61.1 Å². The Morgan fingerprint density at radius 3 is 1.66 bits per heavy atom. The molecule has 8 rings (SSSR count). The Hall–Kier alpha value is -5.45. The number of aliphatic hydroxyl groups excluding tert-OH is 1. The molecule has 5 N–H and O–H groups in total. The summed E-state index contributed by atoms with van der Waals surface area (Å²) in [5.41, 5.74) is 5.01. The molecule has 0 spiro atoms. The maximum absolute atomic E-state index is 12.4. The van der Waals surface area contributed by atoms with Gasteiger partial charge in [-0.1, -0.05) is 35.3 Å². The van der Waals surface area contributed by atoms with E-state index in [1.807, 2.05) is 16.7 Å². The second-order valence-electron chi connectivity index (χ2n) is 13.6. The molecule has 0 bridgehead atoms. The smallest absolute Gasteiger partial charge is 0.390 e. The van der Waals surface area contributed by atoms with Gasteiger partial charge in [-0.15, -0.1) is 0 Å². The monoisotopic (exact) mass is 808 g/mol. The standard InChI is InChI=1S/C19H17ClF3N5O.C19H20ClN5O2/c20-14-9-11(1-4-13(14)18(29)27-12-2-3-12)15-10-26-17-16(25-7-8-28(15)17)24-6-5-19(21,22)23;1-11(26)9-22-17-18-23-10-16(25(18)7-6-21-17)12-2-5-14(15(20)8-12)19(27)24-13-3-4-13/h1,4,7-10,12H,2-3,5-6H2,(H,24,25)(H,27,29);2,5-8,10-11,13,26H,3-4,9H2,1H3,(H,21,22)(H,24,27). The Morgan fingerprint density at radius 1 is 0.786 bits per heavy atom. The lowest BCUT2D eigenvalue weighted by Crippen LogP contribution is -2.25. The molecule has 2 aromatic carbocycles. The predicted octanol–water partition coefficient (Wildman–Crippen LogP) is 7.04. The summed E-state index contributed by atoms with van der Waals surface area (Å²) < 4.78 is 40.7. The van der Waals surface area contributed by atoms with Crippen molar-refractivity contribution in [3.63, 3.8) is 0 Å². The van der Waals surface area contributed by atoms with Crippen LogP contribution in [0.25, 0.3) is 33.8 Å². The molecule has 2 aliphatic carbocycles. The van der Waals surface area contributed by atoms with Gasteiger partial charge < -0.3 is 26.4 Å². The van der Waals surface area contributed by atoms with Crippen molar-refractivity contribution < 1.29 is 27.9 Å². The number of amides is 2. The Balaban J connectivity index is 0.000000172. The third kappa shape index (κ3) is 9.32. The van der Waals surface area contributed by atoms with Crippen LogP contribution in [0.2, 0.25) is 10.0 Å². The SMILES string of the molecule is CC(O)CNc1nccn2c(-c3ccc(C(=O)NC4CC4)c(Cl)c3)cnc12.O=C(NC1CC1)c1ccc(-c2cnc3c(NCCC(F)(F)F)nccn23)cc1Cl. The summed E-state index contributed by atoms with van der Waals surface area (Å²) in [5, 5.41) is 21.8. The number of carbonyl (C=O) groups excluding carboxylic acids is 2. The minimum atomic E-state index is -4.25. The van der Waals surface area contributed by atoms with E-state index in [0.29, 0.717) is 50.5 Å². The number of alkyl halides is 3. The molecule has 1 atom stereocenters. The number of carbonyl (C=O) groups is 2. The molecular formula is C38H37Cl2F3N10O3. The lowest BCUT2D eigenvalue weighted by Gasteiger charge is -2.10. The van der Waals surface area contributed by atoms with Crippen LogP contribution >= 0.6 is 23.2 Å². The van der Waals surface area contributed by atoms with E-state index in [0.717, 1.165) is 42.5 Å². The number of anilines is 2. The van der Waals surface area contributed by atoms with Gasteiger partial charge in [0.15, 0.2) is 22.9 Å². The zero-order valence-electron chi connectivity index (χ0n) is 29.9. The van der Waals surface area contributed by atoms with Crippen LogP contribution in [-0.4, -0.2) is 83.1 Å². The first-order chi connectivity index (χ1) is 26.8. The average molecular weight is 810 g/mol. The highest BCUT2D eigenvalue weighted by atomic mass is 35.5. The highest BCUT2D eigenvalue weighted by molar-refractivity contribution is 6.34. The van der Waals surface area contributed by atoms with Gasteiger partial charge in [0.2, 0.25) is 0 Å². The molecule has 1 unspecified atom stereocenters. The summed E-state index contributed by atoms with van der Waals surface area (Å²) in [4.78, 5) is 41.6. The third-order valence-electron chi connectivity index (χ3n) is 8.97. The van der Waals surface area contributed by atoms with Crippen molar-refractivity contribution in [1.82, 2.24) is 39.4 Å². The van der Waals surface area contributed by atoms with Gasteiger partial charge in [0.25, 0.3) is 11.8 Å². The van der Waals surface area contributed by atoms with Crippen LogP contribution in [-0.2, 0) is 0 Å². The summed E-state index contributed by atoms with van der Waals surface area (Å²) >= 11 is 12.7. The molecule has 2 fully saturated rings. The second-order valence-corrected chi connectivity index (χ2v) is 14.4. The van der Waals surface area contributed by atoms with Crippen molar-refractivity contribution in [3.05, 3.63) is 94.8 Å². The molecule has 18 heteroatoms. The van der Waals surface area contributed by atoms with Crippen molar-refractivity contribution in [2.24, 2.45) is 0 Å². The maximum Gasteiger partial charge on any atom is 0.390 e. The summed E-state index contributed by atoms with van der Waals surface area (Å²) in [6.45, 7) is 1.79. The Morgan fingerprint density at radius 2 is 1.25 bits per heavy atom. The van der Waals surface area contributed by atoms with E-state index in [4.69, 9.17) is 23.2 Å². The first-order valence-corrected chi connectivity index (χ1v) is 18.7. The molecule has 0 saturated heterocycles. The number of halogens is 5. The minimum Gasteiger partial charge on any atom is -0.392 e. The first-order valence-electron chi connectivity index (χ1n) is 17.9. The molecule has 4 aromatic heterocycles. The minimum absolute atomic E-state index is 0.138. The average Bonchev–Trinajstić information content (AvgIpc) is 4.06. The molecule has 56 heavy (non-hydrogen) atoms. The maximum atomic E-state index is 12.4. The fraction of sp³-hybridized carbons (Fsp3) is 0.316. The number of imidazole rings is 2. The number of aliphatic hydroxyl groups is 1. The van der Waals surface area contributed by atoms with Crippen LogP contribution in [0.4, 0.5) is 24.8 Å². The van der Waals surface area contributed by atoms with E-state index in [1.54, 1.807) is 66.4 Å². The summed E-state index contributed by atoms with van der Waals surface area (Å²) in [6.07, 6.45) is 8.26. The van der Waals surface area contributed by atoms with E-state index < -0.39 is 18.7 Å². The van der Waals surface area contributed by atoms with Crippen molar-refractivity contribution in [3.8, 4) is 22.5 Å². The number of rotatable bonds is 12. The van der Waals surface area contributed by atoms with Crippen LogP contribution in [0, 0.1) is 0 Å². The number of fused-ring (bicyclic) bond motifs is 2. The van der Waals surface area contributed by atoms with E-state index in [-0.39, 0.29) is 36.3 Å². The van der Waals surface area contributed by atoms with Gasteiger partial charge in [-0.25, -0.2) is 19.9 Å². The van der Waals surface area contributed by atoms with Crippen molar-refractivity contribution in [2.75, 3.05) is 23.7 Å². The van der Waals surface area contributed by atoms with Gasteiger partial charge in [-0.2, -0.15) is 13.2 Å². The molecule has 2 amide bonds. The predicted molar refractivity (Wildman–Crippen MR) is 207 cm³/mol. The van der Waals surface area contributed by atoms with E-state index in [9.17, 15) is 27.9 Å². The van der Waals surface area contributed by atoms with Crippen LogP contribution in [0.1, 0.15) is 59.7 Å². The van der Waals surface area contributed by atoms with Crippen molar-refractivity contribution >= 4 is 57.9 Å². The summed E-state index contributed by atoms with van der Waals surface area (Å²) in [7, 11) is 0. The molecule has 292 valence electrons. The number of hydrogen-bond acceptors (Lipinski definition) is 9. The van der Waals surface area contributed by atoms with Gasteiger partial charge in [0.1, 0.15) is 0 Å². The zero-order chi connectivity index (χ0) is 39.6. The highest BCUT2D eigenvalue weighted by Crippen LogP contribution is 2.31. The molecule has 4 heterocycles. The molecule has 2 saturated carbocycles. The van der Waals surface area contributed by atoms with Crippen LogP contribution < -0.4 is 21.3 Å². The number of benzene rings is 2. The Kier molecular flexibility index (Phi) is 11.3. The largest absolute Gasteiger partial charge is 0.392 e. The first kappa shape index (κ1) is 38.8. The molecule has 2 aliphatic rings. The normalized spacial score (nSPS) is 14.6. The van der Waals surface area contributed by atoms with E-state index >= 15 is 0 Å². The topological polar surface area (TPSA) is 163 Å². The summed E-state index contributed by atoms with van der Waals surface area (Å²) in [5.74, 6) is 0.509. The quantitative estimate of drug-likeness (QED) is 0.0873. The second kappa shape index (κ2) is 16.3. The third-order valence-corrected chi connectivity index (χ3v) is 9.59. The van der Waals surface area contributed by atoms with Crippen LogP contribution in [0.5, 0.6) is 0 Å². The Labute approximate surface area is 328 Å². The van der Waals surface area contributed by atoms with Gasteiger partial charge in [-0.05, 0) is 56.9 Å². The van der Waals surface area contributed by atoms with Crippen LogP contribution in [0.3, 0.4) is 0 Å². The lowest BCUT2D eigenvalue weighted by molar-refractivity contribution is -0.131. The number of nitrogens with zero attached hydrogens (tertiary/aromatic N) is 6. The number of hydrogen-bond donors (Lipinski definition) is 5. The Bertz CT molecular complexity index is 2390. The lowest BCUT2D eigenvalue weighted by atomic mass is 10.1.